The van der Waals surface area contributed by atoms with Crippen LogP contribution in [0.15, 0.2) is 16.3 Å². The van der Waals surface area contributed by atoms with Gasteiger partial charge in [-0.3, -0.25) is 0 Å². The van der Waals surface area contributed by atoms with E-state index in [4.69, 9.17) is 0 Å². The van der Waals surface area contributed by atoms with Crippen molar-refractivity contribution in [2.75, 3.05) is 26.2 Å². The number of nitrogens with zero attached hydrogens (tertiary/aromatic N) is 1. The van der Waals surface area contributed by atoms with Crippen molar-refractivity contribution >= 4 is 21.4 Å². The highest BCUT2D eigenvalue weighted by atomic mass is 32.2. The number of nitrogens with one attached hydrogen (secondary N) is 2. The molecule has 1 aromatic heterocycles. The molecule has 5 nitrogen and oxygen atoms in total. The molecule has 1 aliphatic heterocycles. The van der Waals surface area contributed by atoms with Gasteiger partial charge in [0.25, 0.3) is 10.0 Å². The lowest BCUT2D eigenvalue weighted by Gasteiger charge is -2.26. The van der Waals surface area contributed by atoms with Gasteiger partial charge in [0.15, 0.2) is 0 Å². The lowest BCUT2D eigenvalue weighted by molar-refractivity contribution is 0.200. The minimum Gasteiger partial charge on any atom is -0.316 e. The zero-order chi connectivity index (χ0) is 15.1. The standard InChI is InChI=1S/C14H25N3O2S2/c1-2-9-15-10-8-13-6-7-14(20-13)21(18,19)16-17-11-4-3-5-12-17/h6-7,15-16H,2-5,8-12H2,1H3. The molecule has 21 heavy (non-hydrogen) atoms. The van der Waals surface area contributed by atoms with Gasteiger partial charge in [0.1, 0.15) is 4.21 Å². The molecule has 2 N–H and O–H groups in total. The first-order chi connectivity index (χ1) is 10.1. The fourth-order valence-corrected chi connectivity index (χ4v) is 4.82. The van der Waals surface area contributed by atoms with E-state index in [0.29, 0.717) is 4.21 Å². The van der Waals surface area contributed by atoms with E-state index in [2.05, 4.69) is 17.1 Å². The molecule has 120 valence electrons. The fraction of sp³-hybridized carbons (Fsp3) is 0.714. The maximum Gasteiger partial charge on any atom is 0.262 e. The van der Waals surface area contributed by atoms with Gasteiger partial charge in [-0.15, -0.1) is 16.2 Å². The molecule has 0 spiro atoms. The average molecular weight is 332 g/mol. The second-order valence-corrected chi connectivity index (χ2v) is 8.42. The first-order valence-corrected chi connectivity index (χ1v) is 9.98. The molecular formula is C14H25N3O2S2. The number of sulfonamides is 1. The van der Waals surface area contributed by atoms with Gasteiger partial charge in [0.05, 0.1) is 0 Å². The highest BCUT2D eigenvalue weighted by molar-refractivity contribution is 7.91. The number of rotatable bonds is 8. The predicted molar refractivity (Wildman–Crippen MR) is 86.9 cm³/mol. The van der Waals surface area contributed by atoms with Crippen LogP contribution in [0, 0.1) is 0 Å². The average Bonchev–Trinajstić information content (AvgIpc) is 2.94. The van der Waals surface area contributed by atoms with Crippen molar-refractivity contribution in [2.24, 2.45) is 0 Å². The first-order valence-electron chi connectivity index (χ1n) is 7.68. The Morgan fingerprint density at radius 1 is 1.19 bits per heavy atom. The minimum absolute atomic E-state index is 0.415. The van der Waals surface area contributed by atoms with Crippen LogP contribution >= 0.6 is 11.3 Å². The van der Waals surface area contributed by atoms with Gasteiger partial charge in [0, 0.05) is 18.0 Å². The van der Waals surface area contributed by atoms with Crippen molar-refractivity contribution in [1.82, 2.24) is 15.2 Å². The summed E-state index contributed by atoms with van der Waals surface area (Å²) < 4.78 is 25.1. The molecule has 0 aliphatic carbocycles. The van der Waals surface area contributed by atoms with E-state index in [-0.39, 0.29) is 0 Å². The lowest BCUT2D eigenvalue weighted by Crippen LogP contribution is -2.44. The van der Waals surface area contributed by atoms with Gasteiger partial charge in [0.2, 0.25) is 0 Å². The summed E-state index contributed by atoms with van der Waals surface area (Å²) >= 11 is 1.37. The van der Waals surface area contributed by atoms with Gasteiger partial charge in [-0.05, 0) is 50.9 Å². The third-order valence-electron chi connectivity index (χ3n) is 3.48. The lowest BCUT2D eigenvalue weighted by atomic mass is 10.2. The largest absolute Gasteiger partial charge is 0.316 e. The molecule has 0 radical (unpaired) electrons. The van der Waals surface area contributed by atoms with Crippen LogP contribution in [0.2, 0.25) is 0 Å². The summed E-state index contributed by atoms with van der Waals surface area (Å²) in [5.41, 5.74) is 0. The Labute approximate surface area is 131 Å². The maximum atomic E-state index is 12.3. The number of thiophene rings is 1. The van der Waals surface area contributed by atoms with Crippen molar-refractivity contribution in [3.05, 3.63) is 17.0 Å². The fourth-order valence-electron chi connectivity index (χ4n) is 2.35. The van der Waals surface area contributed by atoms with Crippen molar-refractivity contribution in [2.45, 2.75) is 43.2 Å². The van der Waals surface area contributed by atoms with E-state index >= 15 is 0 Å². The Morgan fingerprint density at radius 2 is 1.95 bits per heavy atom. The van der Waals surface area contributed by atoms with Crippen molar-refractivity contribution < 1.29 is 8.42 Å². The van der Waals surface area contributed by atoms with Gasteiger partial charge in [-0.2, -0.15) is 0 Å². The van der Waals surface area contributed by atoms with Crippen LogP contribution in [0.3, 0.4) is 0 Å². The zero-order valence-electron chi connectivity index (χ0n) is 12.6. The van der Waals surface area contributed by atoms with E-state index < -0.39 is 10.0 Å². The monoisotopic (exact) mass is 331 g/mol. The highest BCUT2D eigenvalue weighted by Crippen LogP contribution is 2.22. The molecule has 7 heteroatoms. The molecule has 1 aromatic rings. The Balaban J connectivity index is 1.89. The normalized spacial score (nSPS) is 17.2. The summed E-state index contributed by atoms with van der Waals surface area (Å²) in [5, 5.41) is 5.15. The smallest absolute Gasteiger partial charge is 0.262 e. The summed E-state index contributed by atoms with van der Waals surface area (Å²) in [4.78, 5) is 3.81. The number of hydrogen-bond acceptors (Lipinski definition) is 5. The molecule has 2 heterocycles. The highest BCUT2D eigenvalue weighted by Gasteiger charge is 2.21. The summed E-state index contributed by atoms with van der Waals surface area (Å²) in [6.45, 7) is 5.65. The minimum atomic E-state index is -3.40. The van der Waals surface area contributed by atoms with Gasteiger partial charge in [-0.1, -0.05) is 13.3 Å². The molecule has 0 bridgehead atoms. The molecular weight excluding hydrogens is 306 g/mol. The second-order valence-electron chi connectivity index (χ2n) is 5.36. The molecule has 1 aliphatic rings. The van der Waals surface area contributed by atoms with Crippen molar-refractivity contribution in [1.29, 1.82) is 0 Å². The molecule has 1 saturated heterocycles. The quantitative estimate of drug-likeness (QED) is 0.715. The Hall–Kier alpha value is -0.470. The summed E-state index contributed by atoms with van der Waals surface area (Å²) in [7, 11) is -3.40. The van der Waals surface area contributed by atoms with Crippen LogP contribution in [0.5, 0.6) is 0 Å². The van der Waals surface area contributed by atoms with Crippen LogP contribution in [0.1, 0.15) is 37.5 Å². The van der Waals surface area contributed by atoms with Crippen LogP contribution in [0.4, 0.5) is 0 Å². The molecule has 0 aromatic carbocycles. The maximum absolute atomic E-state index is 12.3. The van der Waals surface area contributed by atoms with E-state index in [1.165, 1.54) is 17.8 Å². The molecule has 0 amide bonds. The van der Waals surface area contributed by atoms with Crippen molar-refractivity contribution in [3.8, 4) is 0 Å². The summed E-state index contributed by atoms with van der Waals surface area (Å²) in [6, 6.07) is 3.63. The first kappa shape index (κ1) is 16.9. The Bertz CT molecular complexity index is 522. The number of hydrazine groups is 1. The van der Waals surface area contributed by atoms with Crippen LogP contribution in [-0.2, 0) is 16.4 Å². The Morgan fingerprint density at radius 3 is 2.67 bits per heavy atom. The van der Waals surface area contributed by atoms with Crippen LogP contribution in [0.25, 0.3) is 0 Å². The van der Waals surface area contributed by atoms with Gasteiger partial charge in [-0.25, -0.2) is 13.4 Å². The molecule has 2 rings (SSSR count). The summed E-state index contributed by atoms with van der Waals surface area (Å²) in [6.07, 6.45) is 5.29. The molecule has 0 saturated carbocycles. The zero-order valence-corrected chi connectivity index (χ0v) is 14.2. The van der Waals surface area contributed by atoms with E-state index in [1.54, 1.807) is 6.07 Å². The molecule has 1 fully saturated rings. The predicted octanol–water partition coefficient (Wildman–Crippen LogP) is 1.97. The van der Waals surface area contributed by atoms with Crippen LogP contribution < -0.4 is 10.1 Å². The van der Waals surface area contributed by atoms with Gasteiger partial charge >= 0.3 is 0 Å². The van der Waals surface area contributed by atoms with Crippen molar-refractivity contribution in [3.63, 3.8) is 0 Å². The third-order valence-corrected chi connectivity index (χ3v) is 6.49. The van der Waals surface area contributed by atoms with E-state index in [9.17, 15) is 8.42 Å². The Kier molecular flexibility index (Phi) is 6.63. The SMILES string of the molecule is CCCNCCc1ccc(S(=O)(=O)NN2CCCCC2)s1. The van der Waals surface area contributed by atoms with E-state index in [1.807, 2.05) is 11.1 Å². The summed E-state index contributed by atoms with van der Waals surface area (Å²) in [5.74, 6) is 0. The molecule has 0 unspecified atom stereocenters. The van der Waals surface area contributed by atoms with Crippen LogP contribution in [-0.4, -0.2) is 39.6 Å². The molecule has 0 atom stereocenters. The number of hydrogen-bond donors (Lipinski definition) is 2. The topological polar surface area (TPSA) is 61.4 Å². The van der Waals surface area contributed by atoms with E-state index in [0.717, 1.165) is 56.7 Å². The third kappa shape index (κ3) is 5.34. The van der Waals surface area contributed by atoms with Gasteiger partial charge < -0.3 is 5.32 Å². The second kappa shape index (κ2) is 8.24. The number of piperidine rings is 1.